The number of thiophene rings is 1. The summed E-state index contributed by atoms with van der Waals surface area (Å²) in [5, 5.41) is 3.25. The lowest BCUT2D eigenvalue weighted by Crippen LogP contribution is -2.48. The molecule has 1 N–H and O–H groups in total. The molecule has 34 heavy (non-hydrogen) atoms. The van der Waals surface area contributed by atoms with Gasteiger partial charge in [-0.25, -0.2) is 13.2 Å². The molecular weight excluding hydrogens is 476 g/mol. The Bertz CT molecular complexity index is 1240. The first-order chi connectivity index (χ1) is 15.9. The summed E-state index contributed by atoms with van der Waals surface area (Å²) in [5.74, 6) is -0.677. The van der Waals surface area contributed by atoms with E-state index in [4.69, 9.17) is 9.47 Å². The molecule has 2 aromatic rings. The molecule has 1 unspecified atom stereocenters. The van der Waals surface area contributed by atoms with Crippen LogP contribution in [0.3, 0.4) is 0 Å². The van der Waals surface area contributed by atoms with E-state index < -0.39 is 28.0 Å². The maximum Gasteiger partial charge on any atom is 0.341 e. The highest BCUT2D eigenvalue weighted by Crippen LogP contribution is 2.41. The average molecular weight is 507 g/mol. The summed E-state index contributed by atoms with van der Waals surface area (Å²) in [6.07, 6.45) is 3.66. The standard InChI is InChI=1S/C24H30N2O6S2/c1-24(2,3)14-10-11-17-16(12-14)26(34(5,29)30)13-18(32-17)21(27)25-22-20(23(28)31-4)15-8-6-7-9-19(15)33-22/h10-12,18H,6-9,13H2,1-5H3,(H,25,27). The van der Waals surface area contributed by atoms with E-state index >= 15 is 0 Å². The lowest BCUT2D eigenvalue weighted by atomic mass is 9.86. The number of esters is 1. The number of amides is 1. The third kappa shape index (κ3) is 4.65. The molecule has 2 aliphatic rings. The van der Waals surface area contributed by atoms with E-state index in [1.54, 1.807) is 12.1 Å². The van der Waals surface area contributed by atoms with Crippen molar-refractivity contribution in [3.8, 4) is 5.75 Å². The zero-order valence-electron chi connectivity index (χ0n) is 20.1. The molecule has 1 aliphatic carbocycles. The minimum Gasteiger partial charge on any atom is -0.476 e. The highest BCUT2D eigenvalue weighted by atomic mass is 32.2. The molecule has 0 bridgehead atoms. The van der Waals surface area contributed by atoms with E-state index in [-0.39, 0.29) is 12.0 Å². The van der Waals surface area contributed by atoms with Gasteiger partial charge in [0.1, 0.15) is 10.8 Å². The second-order valence-corrected chi connectivity index (χ2v) is 12.7. The molecule has 0 spiro atoms. The molecule has 8 nitrogen and oxygen atoms in total. The van der Waals surface area contributed by atoms with Gasteiger partial charge in [-0.3, -0.25) is 9.10 Å². The number of nitrogens with one attached hydrogen (secondary N) is 1. The molecule has 1 aromatic carbocycles. The number of fused-ring (bicyclic) bond motifs is 2. The van der Waals surface area contributed by atoms with Crippen LogP contribution in [0.25, 0.3) is 0 Å². The van der Waals surface area contributed by atoms with Crippen molar-refractivity contribution in [1.29, 1.82) is 0 Å². The maximum absolute atomic E-state index is 13.2. The van der Waals surface area contributed by atoms with E-state index in [1.165, 1.54) is 22.8 Å². The number of sulfonamides is 1. The molecule has 0 saturated heterocycles. The summed E-state index contributed by atoms with van der Waals surface area (Å²) in [4.78, 5) is 26.8. The van der Waals surface area contributed by atoms with Gasteiger partial charge < -0.3 is 14.8 Å². The molecular formula is C24H30N2O6S2. The van der Waals surface area contributed by atoms with E-state index in [9.17, 15) is 18.0 Å². The van der Waals surface area contributed by atoms with Gasteiger partial charge in [0.05, 0.1) is 31.2 Å². The van der Waals surface area contributed by atoms with Crippen molar-refractivity contribution < 1.29 is 27.5 Å². The number of ether oxygens (including phenoxy) is 2. The average Bonchev–Trinajstić information content (AvgIpc) is 3.13. The highest BCUT2D eigenvalue weighted by molar-refractivity contribution is 7.92. The van der Waals surface area contributed by atoms with Gasteiger partial charge >= 0.3 is 5.97 Å². The van der Waals surface area contributed by atoms with Crippen LogP contribution in [0.15, 0.2) is 18.2 Å². The Balaban J connectivity index is 1.66. The molecule has 10 heteroatoms. The third-order valence-electron chi connectivity index (χ3n) is 6.18. The Morgan fingerprint density at radius 2 is 1.91 bits per heavy atom. The van der Waals surface area contributed by atoms with Crippen LogP contribution in [0.2, 0.25) is 0 Å². The van der Waals surface area contributed by atoms with E-state index in [0.29, 0.717) is 22.0 Å². The van der Waals surface area contributed by atoms with Crippen LogP contribution in [0.4, 0.5) is 10.7 Å². The summed E-state index contributed by atoms with van der Waals surface area (Å²) in [6.45, 7) is 5.96. The second kappa shape index (κ2) is 8.88. The summed E-state index contributed by atoms with van der Waals surface area (Å²) in [5.41, 5.74) is 2.51. The Kier molecular flexibility index (Phi) is 6.41. The normalized spacial score (nSPS) is 17.9. The van der Waals surface area contributed by atoms with Gasteiger partial charge in [-0.2, -0.15) is 0 Å². The minimum atomic E-state index is -3.67. The van der Waals surface area contributed by atoms with Crippen molar-refractivity contribution in [3.63, 3.8) is 0 Å². The number of hydrogen-bond donors (Lipinski definition) is 1. The van der Waals surface area contributed by atoms with Gasteiger partial charge in [-0.05, 0) is 54.4 Å². The van der Waals surface area contributed by atoms with E-state index in [1.807, 2.05) is 26.8 Å². The second-order valence-electron chi connectivity index (χ2n) is 9.73. The summed E-state index contributed by atoms with van der Waals surface area (Å²) in [7, 11) is -2.35. The number of methoxy groups -OCH3 is 1. The van der Waals surface area contributed by atoms with Gasteiger partial charge in [0.2, 0.25) is 10.0 Å². The van der Waals surface area contributed by atoms with Gasteiger partial charge in [-0.15, -0.1) is 11.3 Å². The lowest BCUT2D eigenvalue weighted by Gasteiger charge is -2.35. The van der Waals surface area contributed by atoms with Crippen LogP contribution in [0.5, 0.6) is 5.75 Å². The smallest absolute Gasteiger partial charge is 0.341 e. The van der Waals surface area contributed by atoms with Crippen molar-refractivity contribution in [3.05, 3.63) is 39.8 Å². The number of carbonyl (C=O) groups excluding carboxylic acids is 2. The van der Waals surface area contributed by atoms with Crippen LogP contribution in [0.1, 0.15) is 60.0 Å². The molecule has 1 aliphatic heterocycles. The largest absolute Gasteiger partial charge is 0.476 e. The number of rotatable bonds is 4. The van der Waals surface area contributed by atoms with Crippen LogP contribution in [0, 0.1) is 0 Å². The number of anilines is 2. The van der Waals surface area contributed by atoms with Crippen LogP contribution in [-0.2, 0) is 37.8 Å². The number of carbonyl (C=O) groups is 2. The number of nitrogens with zero attached hydrogens (tertiary/aromatic N) is 1. The molecule has 4 rings (SSSR count). The first kappa shape index (κ1) is 24.5. The fourth-order valence-corrected chi connectivity index (χ4v) is 6.52. The minimum absolute atomic E-state index is 0.163. The molecule has 1 amide bonds. The van der Waals surface area contributed by atoms with E-state index in [2.05, 4.69) is 5.32 Å². The van der Waals surface area contributed by atoms with Crippen molar-refractivity contribution in [2.75, 3.05) is 29.5 Å². The zero-order chi connectivity index (χ0) is 24.8. The predicted octanol–water partition coefficient (Wildman–Crippen LogP) is 3.88. The van der Waals surface area contributed by atoms with Crippen LogP contribution >= 0.6 is 11.3 Å². The van der Waals surface area contributed by atoms with Crippen molar-refractivity contribution >= 4 is 43.9 Å². The van der Waals surface area contributed by atoms with Crippen molar-refractivity contribution in [1.82, 2.24) is 0 Å². The third-order valence-corrected chi connectivity index (χ3v) is 8.54. The van der Waals surface area contributed by atoms with Gasteiger partial charge in [0.25, 0.3) is 5.91 Å². The predicted molar refractivity (Wildman–Crippen MR) is 133 cm³/mol. The molecule has 2 heterocycles. The van der Waals surface area contributed by atoms with Crippen LogP contribution < -0.4 is 14.4 Å². The van der Waals surface area contributed by atoms with Gasteiger partial charge in [-0.1, -0.05) is 26.8 Å². The fraction of sp³-hybridized carbons (Fsp3) is 0.500. The Hall–Kier alpha value is -2.59. The SMILES string of the molecule is COC(=O)c1c(NC(=O)C2CN(S(C)(=O)=O)c3cc(C(C)(C)C)ccc3O2)sc2c1CCCC2. The van der Waals surface area contributed by atoms with Crippen molar-refractivity contribution in [2.45, 2.75) is 58.0 Å². The summed E-state index contributed by atoms with van der Waals surface area (Å²) < 4.78 is 37.4. The maximum atomic E-state index is 13.2. The molecule has 0 radical (unpaired) electrons. The Morgan fingerprint density at radius 3 is 2.56 bits per heavy atom. The lowest BCUT2D eigenvalue weighted by molar-refractivity contribution is -0.122. The molecule has 0 saturated carbocycles. The summed E-state index contributed by atoms with van der Waals surface area (Å²) in [6, 6.07) is 5.38. The quantitative estimate of drug-likeness (QED) is 0.632. The number of hydrogen-bond acceptors (Lipinski definition) is 7. The number of benzene rings is 1. The zero-order valence-corrected chi connectivity index (χ0v) is 21.7. The van der Waals surface area contributed by atoms with Crippen molar-refractivity contribution in [2.24, 2.45) is 0 Å². The highest BCUT2D eigenvalue weighted by Gasteiger charge is 2.37. The molecule has 1 aromatic heterocycles. The Morgan fingerprint density at radius 1 is 1.21 bits per heavy atom. The molecule has 0 fully saturated rings. The fourth-order valence-electron chi connectivity index (χ4n) is 4.33. The van der Waals surface area contributed by atoms with Gasteiger partial charge in [0, 0.05) is 4.88 Å². The monoisotopic (exact) mass is 506 g/mol. The Labute approximate surface area is 204 Å². The van der Waals surface area contributed by atoms with Crippen LogP contribution in [-0.4, -0.2) is 46.3 Å². The first-order valence-corrected chi connectivity index (χ1v) is 13.9. The number of aryl methyl sites for hydroxylation is 1. The topological polar surface area (TPSA) is 102 Å². The first-order valence-electron chi connectivity index (χ1n) is 11.2. The van der Waals surface area contributed by atoms with E-state index in [0.717, 1.165) is 47.9 Å². The van der Waals surface area contributed by atoms with Gasteiger partial charge in [0.15, 0.2) is 6.10 Å². The summed E-state index contributed by atoms with van der Waals surface area (Å²) >= 11 is 1.37. The molecule has 184 valence electrons. The molecule has 1 atom stereocenters.